The summed E-state index contributed by atoms with van der Waals surface area (Å²) in [4.78, 5) is 3.00. The highest BCUT2D eigenvalue weighted by Gasteiger charge is 1.85. The second-order valence-corrected chi connectivity index (χ2v) is 1.82. The van der Waals surface area contributed by atoms with Gasteiger partial charge in [-0.15, -0.1) is 0 Å². The lowest BCUT2D eigenvalue weighted by atomic mass is 10.2. The third-order valence-electron chi connectivity index (χ3n) is 1.22. The van der Waals surface area contributed by atoms with E-state index in [1.165, 1.54) is 11.1 Å². The van der Waals surface area contributed by atoms with Crippen molar-refractivity contribution in [2.45, 2.75) is 13.8 Å². The van der Waals surface area contributed by atoms with Crippen LogP contribution in [0.5, 0.6) is 0 Å². The van der Waals surface area contributed by atoms with Crippen molar-refractivity contribution in [2.24, 2.45) is 0 Å². The molecule has 1 rings (SSSR count). The van der Waals surface area contributed by atoms with E-state index in [2.05, 4.69) is 18.8 Å². The molecule has 1 aromatic rings. The molecule has 0 aromatic carbocycles. The first-order valence-electron chi connectivity index (χ1n) is 2.40. The number of aromatic nitrogens is 1. The molecule has 0 aliphatic rings. The van der Waals surface area contributed by atoms with E-state index in [9.17, 15) is 0 Å². The summed E-state index contributed by atoms with van der Waals surface area (Å²) in [6, 6.07) is 0. The van der Waals surface area contributed by atoms with Gasteiger partial charge in [0, 0.05) is 13.8 Å². The molecule has 1 aromatic heterocycles. The van der Waals surface area contributed by atoms with Gasteiger partial charge in [-0.3, -0.25) is 0 Å². The summed E-state index contributed by atoms with van der Waals surface area (Å²) in [6.07, 6.45) is 3.99. The topological polar surface area (TPSA) is 15.8 Å². The van der Waals surface area contributed by atoms with Crippen LogP contribution in [-0.4, -0.2) is 4.98 Å². The fourth-order valence-electron chi connectivity index (χ4n) is 0.519. The maximum absolute atomic E-state index is 3.00. The summed E-state index contributed by atoms with van der Waals surface area (Å²) in [5.41, 5.74) is 2.67. The maximum atomic E-state index is 3.00. The molecule has 7 heavy (non-hydrogen) atoms. The first kappa shape index (κ1) is 4.44. The first-order chi connectivity index (χ1) is 3.30. The van der Waals surface area contributed by atoms with Gasteiger partial charge in [0.1, 0.15) is 0 Å². The van der Waals surface area contributed by atoms with Crippen molar-refractivity contribution in [3.8, 4) is 0 Å². The number of rotatable bonds is 0. The monoisotopic (exact) mass is 97.1 g/mol. The standard InChI is InChI=1S/C6H9N.H2/c1-5-3-7-4-6(5)2;/h3-4,7H,1-2H3;1H. The van der Waals surface area contributed by atoms with Crippen LogP contribution >= 0.6 is 0 Å². The van der Waals surface area contributed by atoms with Gasteiger partial charge in [-0.25, -0.2) is 0 Å². The molecule has 0 bridgehead atoms. The number of nitrogens with one attached hydrogen (secondary N) is 1. The largest absolute Gasteiger partial charge is 0.367 e. The van der Waals surface area contributed by atoms with Crippen LogP contribution in [0.15, 0.2) is 12.4 Å². The number of aryl methyl sites for hydroxylation is 2. The Morgan fingerprint density at radius 3 is 1.86 bits per heavy atom. The third-order valence-corrected chi connectivity index (χ3v) is 1.22. The smallest absolute Gasteiger partial charge is 0.00372 e. The number of aromatic amines is 1. The van der Waals surface area contributed by atoms with Gasteiger partial charge in [0.05, 0.1) is 0 Å². The highest BCUT2D eigenvalue weighted by atomic mass is 14.6. The highest BCUT2D eigenvalue weighted by molar-refractivity contribution is 5.18. The summed E-state index contributed by atoms with van der Waals surface area (Å²) >= 11 is 0. The fraction of sp³-hybridized carbons (Fsp3) is 0.333. The van der Waals surface area contributed by atoms with E-state index in [0.717, 1.165) is 0 Å². The number of hydrogen-bond donors (Lipinski definition) is 1. The molecule has 0 amide bonds. The third kappa shape index (κ3) is 0.660. The van der Waals surface area contributed by atoms with Crippen molar-refractivity contribution in [3.63, 3.8) is 0 Å². The van der Waals surface area contributed by atoms with Gasteiger partial charge in [-0.1, -0.05) is 0 Å². The molecular formula is C6H11N. The van der Waals surface area contributed by atoms with Gasteiger partial charge in [0.2, 0.25) is 0 Å². The molecule has 0 saturated carbocycles. The fourth-order valence-corrected chi connectivity index (χ4v) is 0.519. The summed E-state index contributed by atoms with van der Waals surface area (Å²) in [5.74, 6) is 0. The Bertz CT molecular complexity index is 141. The van der Waals surface area contributed by atoms with Crippen LogP contribution < -0.4 is 0 Å². The van der Waals surface area contributed by atoms with E-state index < -0.39 is 0 Å². The summed E-state index contributed by atoms with van der Waals surface area (Å²) in [5, 5.41) is 0. The van der Waals surface area contributed by atoms with Gasteiger partial charge in [0.25, 0.3) is 0 Å². The van der Waals surface area contributed by atoms with Crippen LogP contribution in [0.1, 0.15) is 12.6 Å². The molecule has 0 saturated heterocycles. The molecule has 0 fully saturated rings. The van der Waals surface area contributed by atoms with Crippen LogP contribution in [-0.2, 0) is 0 Å². The highest BCUT2D eigenvalue weighted by Crippen LogP contribution is 2.00. The lowest BCUT2D eigenvalue weighted by Gasteiger charge is -1.79. The van der Waals surface area contributed by atoms with Crippen molar-refractivity contribution in [2.75, 3.05) is 0 Å². The zero-order valence-corrected chi connectivity index (χ0v) is 4.65. The molecule has 0 unspecified atom stereocenters. The Kier molecular flexibility index (Phi) is 0.895. The average Bonchev–Trinajstić information content (AvgIpc) is 1.91. The molecule has 0 radical (unpaired) electrons. The molecule has 0 atom stereocenters. The van der Waals surface area contributed by atoms with Gasteiger partial charge >= 0.3 is 0 Å². The number of hydrogen-bond acceptors (Lipinski definition) is 0. The SMILES string of the molecule is Cc1c[nH]cc1C.[HH]. The number of H-pyrrole nitrogens is 1. The Morgan fingerprint density at radius 1 is 1.29 bits per heavy atom. The quantitative estimate of drug-likeness (QED) is 0.508. The molecule has 1 nitrogen and oxygen atoms in total. The summed E-state index contributed by atoms with van der Waals surface area (Å²) in [7, 11) is 0. The predicted molar refractivity (Wildman–Crippen MR) is 32.4 cm³/mol. The van der Waals surface area contributed by atoms with Crippen LogP contribution in [0.25, 0.3) is 0 Å². The zero-order chi connectivity index (χ0) is 5.28. The molecule has 40 valence electrons. The van der Waals surface area contributed by atoms with Gasteiger partial charge < -0.3 is 4.98 Å². The molecule has 0 aliphatic carbocycles. The Balaban J connectivity index is 0.000000490. The van der Waals surface area contributed by atoms with Crippen molar-refractivity contribution >= 4 is 0 Å². The Morgan fingerprint density at radius 2 is 1.71 bits per heavy atom. The predicted octanol–water partition coefficient (Wildman–Crippen LogP) is 1.88. The van der Waals surface area contributed by atoms with Crippen molar-refractivity contribution in [3.05, 3.63) is 23.5 Å². The van der Waals surface area contributed by atoms with Gasteiger partial charge in [-0.05, 0) is 25.0 Å². The van der Waals surface area contributed by atoms with E-state index in [0.29, 0.717) is 0 Å². The second kappa shape index (κ2) is 1.41. The average molecular weight is 97.2 g/mol. The molecule has 1 heteroatoms. The van der Waals surface area contributed by atoms with Gasteiger partial charge in [0.15, 0.2) is 0 Å². The van der Waals surface area contributed by atoms with E-state index in [4.69, 9.17) is 0 Å². The molecule has 0 aliphatic heterocycles. The Hall–Kier alpha value is -0.720. The minimum Gasteiger partial charge on any atom is -0.367 e. The molecule has 0 spiro atoms. The van der Waals surface area contributed by atoms with E-state index in [1.54, 1.807) is 0 Å². The van der Waals surface area contributed by atoms with Crippen LogP contribution in [0.2, 0.25) is 0 Å². The minimum atomic E-state index is 0. The van der Waals surface area contributed by atoms with Crippen LogP contribution in [0.4, 0.5) is 0 Å². The van der Waals surface area contributed by atoms with Gasteiger partial charge in [-0.2, -0.15) is 0 Å². The second-order valence-electron chi connectivity index (χ2n) is 1.82. The summed E-state index contributed by atoms with van der Waals surface area (Å²) < 4.78 is 0. The lowest BCUT2D eigenvalue weighted by Crippen LogP contribution is -1.63. The molecule has 1 N–H and O–H groups in total. The van der Waals surface area contributed by atoms with Crippen LogP contribution in [0.3, 0.4) is 0 Å². The van der Waals surface area contributed by atoms with Crippen LogP contribution in [0, 0.1) is 13.8 Å². The van der Waals surface area contributed by atoms with E-state index >= 15 is 0 Å². The Labute approximate surface area is 44.9 Å². The van der Waals surface area contributed by atoms with E-state index in [1.807, 2.05) is 12.4 Å². The minimum absolute atomic E-state index is 0. The lowest BCUT2D eigenvalue weighted by molar-refractivity contribution is 1.39. The molecule has 1 heterocycles. The van der Waals surface area contributed by atoms with Crippen molar-refractivity contribution < 1.29 is 1.43 Å². The van der Waals surface area contributed by atoms with Crippen molar-refractivity contribution in [1.29, 1.82) is 0 Å². The van der Waals surface area contributed by atoms with E-state index in [-0.39, 0.29) is 1.43 Å². The zero-order valence-electron chi connectivity index (χ0n) is 4.65. The normalized spacial score (nSPS) is 9.43. The van der Waals surface area contributed by atoms with Crippen molar-refractivity contribution in [1.82, 2.24) is 4.98 Å². The maximum Gasteiger partial charge on any atom is 0.00372 e. The summed E-state index contributed by atoms with van der Waals surface area (Å²) in [6.45, 7) is 4.18. The molecular weight excluding hydrogens is 86.1 g/mol. The first-order valence-corrected chi connectivity index (χ1v) is 2.40.